The number of hydrogen-bond donors (Lipinski definition) is 6. The maximum atomic E-state index is 11.4. The molecule has 0 saturated carbocycles. The molecule has 3 aromatic heterocycles. The fourth-order valence-corrected chi connectivity index (χ4v) is 5.25. The Morgan fingerprint density at radius 1 is 0.533 bits per heavy atom. The third kappa shape index (κ3) is 8.45. The van der Waals surface area contributed by atoms with E-state index in [2.05, 4.69) is 9.97 Å². The van der Waals surface area contributed by atoms with E-state index >= 15 is 0 Å². The van der Waals surface area contributed by atoms with Crippen LogP contribution in [0.5, 0.6) is 0 Å². The summed E-state index contributed by atoms with van der Waals surface area (Å²) < 4.78 is 0. The Hall–Kier alpha value is -5.23. The molecule has 0 saturated heterocycles. The molecule has 0 spiro atoms. The van der Waals surface area contributed by atoms with Crippen molar-refractivity contribution >= 4 is 81.6 Å². The zero-order valence-corrected chi connectivity index (χ0v) is 24.8. The summed E-state index contributed by atoms with van der Waals surface area (Å²) in [7, 11) is 0. The molecule has 6 N–H and O–H groups in total. The fourth-order valence-electron chi connectivity index (χ4n) is 5.25. The second-order valence-corrected chi connectivity index (χ2v) is 10.7. The zero-order chi connectivity index (χ0) is 31.4. The van der Waals surface area contributed by atoms with Crippen LogP contribution in [0.1, 0.15) is 72.4 Å². The summed E-state index contributed by atoms with van der Waals surface area (Å²) in [6.45, 7) is 0. The van der Waals surface area contributed by atoms with Gasteiger partial charge in [0.25, 0.3) is 0 Å². The second kappa shape index (κ2) is 14.0. The topological polar surface area (TPSA) is 207 Å². The summed E-state index contributed by atoms with van der Waals surface area (Å²) in [5.41, 5.74) is 7.67. The van der Waals surface area contributed by atoms with E-state index in [4.69, 9.17) is 9.97 Å². The lowest BCUT2D eigenvalue weighted by molar-refractivity contribution is -0.138. The van der Waals surface area contributed by atoms with Crippen molar-refractivity contribution in [3.63, 3.8) is 0 Å². The van der Waals surface area contributed by atoms with Gasteiger partial charge in [0.15, 0.2) is 0 Å². The molecule has 12 nitrogen and oxygen atoms in total. The van der Waals surface area contributed by atoms with Crippen LogP contribution in [0.15, 0.2) is 36.4 Å². The quantitative estimate of drug-likeness (QED) is 0.146. The number of carbonyl (C=O) groups is 4. The first-order chi connectivity index (χ1) is 21.0. The first-order valence-electron chi connectivity index (χ1n) is 14.1. The lowest BCUT2D eigenvalue weighted by Crippen LogP contribution is -1.96. The monoisotopic (exact) mass is 634 g/mol. The molecule has 0 radical (unpaired) electrons. The van der Waals surface area contributed by atoms with Gasteiger partial charge >= 0.3 is 23.9 Å². The van der Waals surface area contributed by atoms with Crippen LogP contribution in [0, 0.1) is 0 Å². The number of allylic oxidation sites excluding steroid dienone is 2. The van der Waals surface area contributed by atoms with Crippen molar-refractivity contribution in [2.75, 3.05) is 0 Å². The number of carboxylic acids is 4. The van der Waals surface area contributed by atoms with Gasteiger partial charge in [-0.15, -0.1) is 12.4 Å². The van der Waals surface area contributed by atoms with E-state index in [1.54, 1.807) is 36.4 Å². The number of nitrogens with zero attached hydrogens (tertiary/aromatic N) is 2. The van der Waals surface area contributed by atoms with Gasteiger partial charge in [-0.05, 0) is 96.5 Å². The molecule has 0 aromatic carbocycles. The van der Waals surface area contributed by atoms with Gasteiger partial charge in [0, 0.05) is 47.8 Å². The molecule has 13 heteroatoms. The smallest absolute Gasteiger partial charge is 0.303 e. The lowest BCUT2D eigenvalue weighted by Gasteiger charge is -1.98. The third-order valence-electron chi connectivity index (χ3n) is 7.31. The molecule has 0 atom stereocenters. The Morgan fingerprint density at radius 3 is 1.24 bits per heavy atom. The largest absolute Gasteiger partial charge is 0.481 e. The molecule has 0 fully saturated rings. The minimum absolute atomic E-state index is 0. The molecule has 2 aliphatic heterocycles. The highest BCUT2D eigenvalue weighted by Gasteiger charge is 2.16. The number of rotatable bonds is 12. The highest BCUT2D eigenvalue weighted by molar-refractivity contribution is 5.89. The van der Waals surface area contributed by atoms with Crippen molar-refractivity contribution < 1.29 is 39.6 Å². The van der Waals surface area contributed by atoms with Gasteiger partial charge in [-0.3, -0.25) is 19.2 Å². The molecular formula is C32H31ClN4O8. The molecule has 0 amide bonds. The number of aryl methyl sites for hydroxylation is 2. The van der Waals surface area contributed by atoms with Crippen molar-refractivity contribution in [2.45, 2.75) is 51.4 Å². The lowest BCUT2D eigenvalue weighted by atomic mass is 10.1. The van der Waals surface area contributed by atoms with Crippen LogP contribution in [0.2, 0.25) is 0 Å². The Balaban J connectivity index is 0.00000461. The van der Waals surface area contributed by atoms with Crippen molar-refractivity contribution in [3.05, 3.63) is 70.3 Å². The van der Waals surface area contributed by atoms with Gasteiger partial charge in [-0.2, -0.15) is 0 Å². The highest BCUT2D eigenvalue weighted by atomic mass is 35.5. The van der Waals surface area contributed by atoms with Gasteiger partial charge in [0.2, 0.25) is 0 Å². The Labute approximate surface area is 262 Å². The van der Waals surface area contributed by atoms with E-state index < -0.39 is 23.9 Å². The number of aliphatic carboxylic acids is 4. The number of aromatic nitrogens is 4. The van der Waals surface area contributed by atoms with Crippen molar-refractivity contribution in [1.82, 2.24) is 19.9 Å². The maximum Gasteiger partial charge on any atom is 0.303 e. The van der Waals surface area contributed by atoms with Crippen molar-refractivity contribution in [1.29, 1.82) is 0 Å². The van der Waals surface area contributed by atoms with E-state index in [1.165, 1.54) is 0 Å². The first kappa shape index (κ1) is 32.7. The summed E-state index contributed by atoms with van der Waals surface area (Å²) in [5.74, 6) is -3.78. The van der Waals surface area contributed by atoms with E-state index in [1.807, 2.05) is 12.1 Å². The van der Waals surface area contributed by atoms with Crippen LogP contribution in [-0.2, 0) is 32.0 Å². The average Bonchev–Trinajstić information content (AvgIpc) is 3.70. The number of carboxylic acid groups (broad SMARTS) is 4. The Morgan fingerprint density at radius 2 is 0.889 bits per heavy atom. The number of fused-ring (bicyclic) bond motifs is 8. The molecule has 3 aromatic rings. The van der Waals surface area contributed by atoms with Crippen LogP contribution in [0.4, 0.5) is 0 Å². The fraction of sp³-hybridized carbons (Fsp3) is 0.250. The van der Waals surface area contributed by atoms with Crippen LogP contribution in [0.25, 0.3) is 45.4 Å². The molecule has 5 rings (SSSR count). The molecule has 2 aliphatic rings. The molecule has 0 aliphatic carbocycles. The van der Waals surface area contributed by atoms with Gasteiger partial charge in [-0.25, -0.2) is 9.97 Å². The zero-order valence-electron chi connectivity index (χ0n) is 24.0. The van der Waals surface area contributed by atoms with Crippen molar-refractivity contribution in [3.8, 4) is 0 Å². The highest BCUT2D eigenvalue weighted by Crippen LogP contribution is 2.30. The SMILES string of the molecule is Cl.O=C(O)CCC1=Cc2cc3[nH]c(cc4nc(cc5[nH]c(cc1n2)cc5CCC(=O)O)C=C4CCC(=O)O)cc3CCC(=O)O. The average molecular weight is 635 g/mol. The van der Waals surface area contributed by atoms with Gasteiger partial charge < -0.3 is 30.4 Å². The molecule has 0 unspecified atom stereocenters. The number of nitrogens with one attached hydrogen (secondary N) is 2. The van der Waals surface area contributed by atoms with E-state index in [0.717, 1.165) is 11.1 Å². The molecule has 8 bridgehead atoms. The maximum absolute atomic E-state index is 11.4. The number of H-pyrrole nitrogens is 2. The summed E-state index contributed by atoms with van der Waals surface area (Å²) >= 11 is 0. The third-order valence-corrected chi connectivity index (χ3v) is 7.31. The van der Waals surface area contributed by atoms with Gasteiger partial charge in [-0.1, -0.05) is 0 Å². The minimum atomic E-state index is -0.946. The predicted octanol–water partition coefficient (Wildman–Crippen LogP) is 5.58. The van der Waals surface area contributed by atoms with Gasteiger partial charge in [0.1, 0.15) is 0 Å². The summed E-state index contributed by atoms with van der Waals surface area (Å²) in [6.07, 6.45) is 4.20. The number of aromatic amines is 2. The van der Waals surface area contributed by atoms with E-state index in [-0.39, 0.29) is 63.8 Å². The number of halogens is 1. The molecule has 45 heavy (non-hydrogen) atoms. The Bertz CT molecular complexity index is 1770. The van der Waals surface area contributed by atoms with E-state index in [0.29, 0.717) is 56.0 Å². The summed E-state index contributed by atoms with van der Waals surface area (Å²) in [4.78, 5) is 61.6. The van der Waals surface area contributed by atoms with Crippen LogP contribution in [-0.4, -0.2) is 64.2 Å². The minimum Gasteiger partial charge on any atom is -0.481 e. The first-order valence-corrected chi connectivity index (χ1v) is 14.1. The van der Waals surface area contributed by atoms with Crippen LogP contribution in [0.3, 0.4) is 0 Å². The molecule has 234 valence electrons. The van der Waals surface area contributed by atoms with Crippen LogP contribution >= 0.6 is 12.4 Å². The molecular weight excluding hydrogens is 604 g/mol. The Kier molecular flexibility index (Phi) is 10.2. The van der Waals surface area contributed by atoms with Crippen LogP contribution < -0.4 is 0 Å². The normalized spacial score (nSPS) is 12.2. The summed E-state index contributed by atoms with van der Waals surface area (Å²) in [5, 5.41) is 37.2. The standard InChI is InChI=1S/C32H30N4O8.ClH/c37-29(38)5-1-17-9-21-14-26-19(3-7-31(41)42)11-23(35-26)16-28-20(4-8-32(43)44)12-24(36-28)15-27-18(2-6-30(39)40)10-22(34-27)13-25(17)33-21;/h9-16,33,36H,1-8H2,(H,37,38)(H,39,40)(H,41,42)(H,43,44);1H. The number of hydrogen-bond acceptors (Lipinski definition) is 6. The molecule has 5 heterocycles. The second-order valence-electron chi connectivity index (χ2n) is 10.7. The van der Waals surface area contributed by atoms with Gasteiger partial charge in [0.05, 0.1) is 22.8 Å². The predicted molar refractivity (Wildman–Crippen MR) is 170 cm³/mol. The van der Waals surface area contributed by atoms with Crippen molar-refractivity contribution in [2.24, 2.45) is 0 Å². The summed E-state index contributed by atoms with van der Waals surface area (Å²) in [6, 6.07) is 10.8. The van der Waals surface area contributed by atoms with E-state index in [9.17, 15) is 39.6 Å².